The molecule has 0 radical (unpaired) electrons. The van der Waals surface area contributed by atoms with E-state index in [1.54, 1.807) is 0 Å². The van der Waals surface area contributed by atoms with Crippen LogP contribution in [0.3, 0.4) is 0 Å². The van der Waals surface area contributed by atoms with E-state index >= 15 is 0 Å². The van der Waals surface area contributed by atoms with Gasteiger partial charge in [-0.05, 0) is 25.8 Å². The molecule has 0 bridgehead atoms. The van der Waals surface area contributed by atoms with Gasteiger partial charge in [-0.15, -0.1) is 10.2 Å². The Hall–Kier alpha value is -2.51. The maximum Gasteiger partial charge on any atom is 0.272 e. The highest BCUT2D eigenvalue weighted by Gasteiger charge is 2.21. The molecule has 1 aliphatic rings. The van der Waals surface area contributed by atoms with Crippen molar-refractivity contribution in [2.24, 2.45) is 0 Å². The summed E-state index contributed by atoms with van der Waals surface area (Å²) in [5.41, 5.74) is -0.0539. The largest absolute Gasteiger partial charge is 0.373 e. The highest BCUT2D eigenvalue weighted by molar-refractivity contribution is 5.51. The summed E-state index contributed by atoms with van der Waals surface area (Å²) in [4.78, 5) is 10.0. The molecule has 7 nitrogen and oxygen atoms in total. The van der Waals surface area contributed by atoms with Crippen molar-refractivity contribution in [3.8, 4) is 0 Å². The molecule has 1 aromatic carbocycles. The number of aryl methyl sites for hydroxylation is 1. The molecule has 1 aromatic heterocycles. The second-order valence-electron chi connectivity index (χ2n) is 5.37. The van der Waals surface area contributed by atoms with E-state index in [9.17, 15) is 14.5 Å². The second-order valence-corrected chi connectivity index (χ2v) is 5.37. The summed E-state index contributed by atoms with van der Waals surface area (Å²) in [7, 11) is 0. The van der Waals surface area contributed by atoms with Crippen molar-refractivity contribution in [1.29, 1.82) is 0 Å². The number of hydrogen-bond acceptors (Lipinski definition) is 5. The van der Waals surface area contributed by atoms with Gasteiger partial charge in [-0.1, -0.05) is 0 Å². The van der Waals surface area contributed by atoms with Crippen LogP contribution < -0.4 is 5.32 Å². The van der Waals surface area contributed by atoms with E-state index in [1.807, 2.05) is 6.92 Å². The lowest BCUT2D eigenvalue weighted by Crippen LogP contribution is -2.18. The van der Waals surface area contributed by atoms with Gasteiger partial charge in [0.2, 0.25) is 0 Å². The third-order valence-corrected chi connectivity index (χ3v) is 3.81. The second kappa shape index (κ2) is 5.70. The van der Waals surface area contributed by atoms with E-state index in [0.29, 0.717) is 0 Å². The van der Waals surface area contributed by atoms with Crippen molar-refractivity contribution in [1.82, 2.24) is 14.8 Å². The first-order chi connectivity index (χ1) is 10.6. The Bertz CT molecular complexity index is 715. The molecule has 1 aliphatic heterocycles. The van der Waals surface area contributed by atoms with Crippen LogP contribution >= 0.6 is 0 Å². The lowest BCUT2D eigenvalue weighted by Gasteiger charge is -2.19. The van der Waals surface area contributed by atoms with Crippen LogP contribution in [-0.4, -0.2) is 19.7 Å². The maximum atomic E-state index is 13.9. The first kappa shape index (κ1) is 14.4. The number of fused-ring (bicyclic) bond motifs is 1. The number of nitro groups is 1. The van der Waals surface area contributed by atoms with Gasteiger partial charge in [0, 0.05) is 19.0 Å². The molecule has 0 amide bonds. The van der Waals surface area contributed by atoms with Crippen molar-refractivity contribution in [3.63, 3.8) is 0 Å². The van der Waals surface area contributed by atoms with Crippen molar-refractivity contribution < 1.29 is 9.31 Å². The molecule has 2 aromatic rings. The monoisotopic (exact) mass is 305 g/mol. The summed E-state index contributed by atoms with van der Waals surface area (Å²) in [5.74, 6) is 1.06. The topological polar surface area (TPSA) is 85.9 Å². The van der Waals surface area contributed by atoms with E-state index in [-0.39, 0.29) is 17.4 Å². The zero-order chi connectivity index (χ0) is 15.7. The Morgan fingerprint density at radius 3 is 2.95 bits per heavy atom. The third-order valence-electron chi connectivity index (χ3n) is 3.81. The van der Waals surface area contributed by atoms with Crippen LogP contribution in [-0.2, 0) is 13.0 Å². The van der Waals surface area contributed by atoms with Crippen LogP contribution in [0.2, 0.25) is 0 Å². The Kier molecular flexibility index (Phi) is 3.74. The van der Waals surface area contributed by atoms with E-state index in [4.69, 9.17) is 0 Å². The summed E-state index contributed by atoms with van der Waals surface area (Å²) >= 11 is 0. The van der Waals surface area contributed by atoms with Crippen LogP contribution in [0.15, 0.2) is 18.2 Å². The van der Waals surface area contributed by atoms with Crippen LogP contribution in [0.25, 0.3) is 0 Å². The molecule has 2 heterocycles. The van der Waals surface area contributed by atoms with Gasteiger partial charge in [0.25, 0.3) is 5.69 Å². The number of nitrogens with zero attached hydrogens (tertiary/aromatic N) is 4. The summed E-state index contributed by atoms with van der Waals surface area (Å²) in [5, 5.41) is 22.0. The maximum absolute atomic E-state index is 13.9. The highest BCUT2D eigenvalue weighted by Crippen LogP contribution is 2.25. The van der Waals surface area contributed by atoms with E-state index < -0.39 is 10.7 Å². The molecule has 0 saturated carbocycles. The third kappa shape index (κ3) is 2.63. The molecular formula is C14H16FN5O2. The minimum atomic E-state index is -0.653. The number of nitrogens with one attached hydrogen (secondary N) is 1. The molecule has 116 valence electrons. The van der Waals surface area contributed by atoms with Gasteiger partial charge in [0.1, 0.15) is 5.82 Å². The SMILES string of the molecule is CC(Nc1ccc([N+](=O)[O-])cc1F)c1nnc2n1CCCC2. The predicted molar refractivity (Wildman–Crippen MR) is 78.1 cm³/mol. The normalized spacial score (nSPS) is 15.2. The number of non-ortho nitro benzene ring substituents is 1. The minimum absolute atomic E-state index is 0.214. The molecular weight excluding hydrogens is 289 g/mol. The van der Waals surface area contributed by atoms with Gasteiger partial charge in [-0.25, -0.2) is 4.39 Å². The van der Waals surface area contributed by atoms with Crippen LogP contribution in [0.1, 0.15) is 37.5 Å². The Balaban J connectivity index is 1.81. The highest BCUT2D eigenvalue weighted by atomic mass is 19.1. The summed E-state index contributed by atoms with van der Waals surface area (Å²) in [6, 6.07) is 3.32. The fourth-order valence-corrected chi connectivity index (χ4v) is 2.68. The molecule has 1 unspecified atom stereocenters. The zero-order valence-corrected chi connectivity index (χ0v) is 12.1. The molecule has 8 heteroatoms. The molecule has 22 heavy (non-hydrogen) atoms. The number of anilines is 1. The molecule has 3 rings (SSSR count). The number of nitro benzene ring substituents is 1. The quantitative estimate of drug-likeness (QED) is 0.693. The molecule has 0 aliphatic carbocycles. The predicted octanol–water partition coefficient (Wildman–Crippen LogP) is 2.83. The lowest BCUT2D eigenvalue weighted by atomic mass is 10.1. The van der Waals surface area contributed by atoms with Gasteiger partial charge in [-0.2, -0.15) is 0 Å². The molecule has 1 atom stereocenters. The fourth-order valence-electron chi connectivity index (χ4n) is 2.68. The van der Waals surface area contributed by atoms with Gasteiger partial charge in [0.05, 0.1) is 22.7 Å². The number of rotatable bonds is 4. The van der Waals surface area contributed by atoms with Gasteiger partial charge >= 0.3 is 0 Å². The minimum Gasteiger partial charge on any atom is -0.373 e. The first-order valence-electron chi connectivity index (χ1n) is 7.18. The Morgan fingerprint density at radius 1 is 1.41 bits per heavy atom. The Labute approximate surface area is 126 Å². The number of aromatic nitrogens is 3. The zero-order valence-electron chi connectivity index (χ0n) is 12.1. The van der Waals surface area contributed by atoms with Gasteiger partial charge in [-0.3, -0.25) is 10.1 Å². The number of benzene rings is 1. The standard InChI is InChI=1S/C14H16FN5O2/c1-9(14-18-17-13-4-2-3-7-19(13)14)16-12-6-5-10(20(21)22)8-11(12)15/h5-6,8-9,16H,2-4,7H2,1H3. The summed E-state index contributed by atoms with van der Waals surface area (Å²) in [6.07, 6.45) is 3.10. The number of halogens is 1. The molecule has 0 spiro atoms. The van der Waals surface area contributed by atoms with Crippen LogP contribution in [0.5, 0.6) is 0 Å². The lowest BCUT2D eigenvalue weighted by molar-refractivity contribution is -0.385. The van der Waals surface area contributed by atoms with Crippen molar-refractivity contribution in [2.45, 2.75) is 38.8 Å². The average molecular weight is 305 g/mol. The summed E-state index contributed by atoms with van der Waals surface area (Å²) < 4.78 is 16.0. The van der Waals surface area contributed by atoms with Crippen molar-refractivity contribution >= 4 is 11.4 Å². The molecule has 0 fully saturated rings. The van der Waals surface area contributed by atoms with Crippen molar-refractivity contribution in [2.75, 3.05) is 5.32 Å². The number of hydrogen-bond donors (Lipinski definition) is 1. The molecule has 0 saturated heterocycles. The van der Waals surface area contributed by atoms with Gasteiger partial charge < -0.3 is 9.88 Å². The first-order valence-corrected chi connectivity index (χ1v) is 7.18. The molecule has 1 N–H and O–H groups in total. The summed E-state index contributed by atoms with van der Waals surface area (Å²) in [6.45, 7) is 2.74. The van der Waals surface area contributed by atoms with E-state index in [1.165, 1.54) is 12.1 Å². The Morgan fingerprint density at radius 2 is 2.23 bits per heavy atom. The van der Waals surface area contributed by atoms with E-state index in [0.717, 1.165) is 43.5 Å². The van der Waals surface area contributed by atoms with E-state index in [2.05, 4.69) is 20.1 Å². The fraction of sp³-hybridized carbons (Fsp3) is 0.429. The van der Waals surface area contributed by atoms with Crippen LogP contribution in [0.4, 0.5) is 15.8 Å². The van der Waals surface area contributed by atoms with Crippen molar-refractivity contribution in [3.05, 3.63) is 45.8 Å². The van der Waals surface area contributed by atoms with Gasteiger partial charge in [0.15, 0.2) is 11.6 Å². The average Bonchev–Trinajstić information content (AvgIpc) is 2.93. The van der Waals surface area contributed by atoms with Crippen LogP contribution in [0, 0.1) is 15.9 Å². The smallest absolute Gasteiger partial charge is 0.272 e.